The van der Waals surface area contributed by atoms with Crippen molar-refractivity contribution in [3.8, 4) is 0 Å². The first-order chi connectivity index (χ1) is 11.0. The summed E-state index contributed by atoms with van der Waals surface area (Å²) < 4.78 is 5.44. The van der Waals surface area contributed by atoms with Crippen LogP contribution in [-0.2, 0) is 9.53 Å². The Labute approximate surface area is 137 Å². The van der Waals surface area contributed by atoms with Crippen molar-refractivity contribution in [2.45, 2.75) is 44.9 Å². The Hall–Kier alpha value is -1.85. The van der Waals surface area contributed by atoms with E-state index in [1.54, 1.807) is 21.0 Å². The number of amides is 1. The summed E-state index contributed by atoms with van der Waals surface area (Å²) in [5, 5.41) is 16.5. The van der Waals surface area contributed by atoms with Gasteiger partial charge in [0.2, 0.25) is 0 Å². The lowest BCUT2D eigenvalue weighted by atomic mass is 10.0. The summed E-state index contributed by atoms with van der Waals surface area (Å²) in [5.41, 5.74) is 1.34. The smallest absolute Gasteiger partial charge is 0.250 e. The fourth-order valence-corrected chi connectivity index (χ4v) is 2.91. The largest absolute Gasteiger partial charge is 0.499 e. The van der Waals surface area contributed by atoms with E-state index in [2.05, 4.69) is 10.6 Å². The third kappa shape index (κ3) is 4.33. The zero-order valence-corrected chi connectivity index (χ0v) is 14.0. The van der Waals surface area contributed by atoms with Crippen molar-refractivity contribution in [3.05, 3.63) is 47.2 Å². The number of rotatable bonds is 6. The highest BCUT2D eigenvalue weighted by atomic mass is 16.5. The third-order valence-electron chi connectivity index (χ3n) is 4.28. The summed E-state index contributed by atoms with van der Waals surface area (Å²) in [4.78, 5) is 12.5. The zero-order valence-electron chi connectivity index (χ0n) is 14.0. The van der Waals surface area contributed by atoms with E-state index >= 15 is 0 Å². The van der Waals surface area contributed by atoms with E-state index in [0.717, 1.165) is 24.9 Å². The Morgan fingerprint density at radius 2 is 2.09 bits per heavy atom. The van der Waals surface area contributed by atoms with Gasteiger partial charge in [0.15, 0.2) is 0 Å². The van der Waals surface area contributed by atoms with Crippen molar-refractivity contribution in [1.29, 1.82) is 0 Å². The first-order valence-electron chi connectivity index (χ1n) is 8.06. The number of nitrogens with one attached hydrogen (secondary N) is 2. The lowest BCUT2D eigenvalue weighted by Gasteiger charge is -2.22. The standard InChI is InChI=1S/C18H26N2O3/c1-12(17(23-3)15-10-7-11-19-15)18(22)20-13(2)16(21)14-8-5-4-6-9-14/h4-6,8-9,13,15-16,19,21H,7,10-11H2,1-3H3,(H,20,22)/t13-,15+,16-/m1/s1. The maximum absolute atomic E-state index is 12.5. The molecule has 5 nitrogen and oxygen atoms in total. The Morgan fingerprint density at radius 1 is 1.39 bits per heavy atom. The van der Waals surface area contributed by atoms with E-state index < -0.39 is 12.1 Å². The SMILES string of the molecule is COC(=C(C)C(=O)N[C@H](C)[C@@H](O)c1ccccc1)[C@@H]1CCCN1. The molecule has 0 spiro atoms. The van der Waals surface area contributed by atoms with Crippen LogP contribution in [0.15, 0.2) is 41.7 Å². The number of benzene rings is 1. The van der Waals surface area contributed by atoms with Crippen molar-refractivity contribution in [2.24, 2.45) is 0 Å². The Bertz CT molecular complexity index is 551. The van der Waals surface area contributed by atoms with Gasteiger partial charge in [0.1, 0.15) is 5.76 Å². The first-order valence-corrected chi connectivity index (χ1v) is 8.06. The van der Waals surface area contributed by atoms with E-state index in [4.69, 9.17) is 4.74 Å². The van der Waals surface area contributed by atoms with Crippen LogP contribution in [0.3, 0.4) is 0 Å². The predicted octanol–water partition coefficient (Wildman–Crippen LogP) is 1.90. The molecule has 126 valence electrons. The van der Waals surface area contributed by atoms with Crippen LogP contribution >= 0.6 is 0 Å². The second-order valence-corrected chi connectivity index (χ2v) is 5.96. The van der Waals surface area contributed by atoms with Crippen LogP contribution in [0.5, 0.6) is 0 Å². The van der Waals surface area contributed by atoms with Crippen molar-refractivity contribution >= 4 is 5.91 Å². The molecule has 5 heteroatoms. The lowest BCUT2D eigenvalue weighted by Crippen LogP contribution is -2.39. The van der Waals surface area contributed by atoms with Crippen molar-refractivity contribution in [2.75, 3.05) is 13.7 Å². The number of ether oxygens (including phenoxy) is 1. The second kappa shape index (κ2) is 8.13. The van der Waals surface area contributed by atoms with Gasteiger partial charge in [-0.25, -0.2) is 0 Å². The van der Waals surface area contributed by atoms with Crippen molar-refractivity contribution in [1.82, 2.24) is 10.6 Å². The van der Waals surface area contributed by atoms with Crippen molar-refractivity contribution in [3.63, 3.8) is 0 Å². The van der Waals surface area contributed by atoms with Gasteiger partial charge < -0.3 is 20.5 Å². The zero-order chi connectivity index (χ0) is 16.8. The van der Waals surface area contributed by atoms with E-state index in [1.165, 1.54) is 0 Å². The minimum atomic E-state index is -0.747. The van der Waals surface area contributed by atoms with Gasteiger partial charge in [-0.1, -0.05) is 30.3 Å². The molecule has 0 aliphatic carbocycles. The normalized spacial score (nSPS) is 21.3. The summed E-state index contributed by atoms with van der Waals surface area (Å²) in [5.74, 6) is 0.472. The molecule has 0 unspecified atom stereocenters. The first kappa shape index (κ1) is 17.5. The monoisotopic (exact) mass is 318 g/mol. The van der Waals surface area contributed by atoms with Gasteiger partial charge in [0.05, 0.1) is 30.9 Å². The molecule has 23 heavy (non-hydrogen) atoms. The molecule has 0 bridgehead atoms. The number of aliphatic hydroxyl groups is 1. The van der Waals surface area contributed by atoms with E-state index in [-0.39, 0.29) is 11.9 Å². The molecule has 1 heterocycles. The molecule has 2 rings (SSSR count). The van der Waals surface area contributed by atoms with Gasteiger partial charge >= 0.3 is 0 Å². The molecule has 1 aliphatic heterocycles. The van der Waals surface area contributed by atoms with Gasteiger partial charge in [-0.2, -0.15) is 0 Å². The maximum Gasteiger partial charge on any atom is 0.250 e. The highest BCUT2D eigenvalue weighted by Crippen LogP contribution is 2.20. The quantitative estimate of drug-likeness (QED) is 0.553. The average Bonchev–Trinajstić information content (AvgIpc) is 3.09. The Kier molecular flexibility index (Phi) is 6.19. The number of hydrogen-bond donors (Lipinski definition) is 3. The van der Waals surface area contributed by atoms with Crippen LogP contribution < -0.4 is 10.6 Å². The molecular weight excluding hydrogens is 292 g/mol. The highest BCUT2D eigenvalue weighted by Gasteiger charge is 2.25. The molecule has 3 N–H and O–H groups in total. The van der Waals surface area contributed by atoms with Crippen LogP contribution in [0.4, 0.5) is 0 Å². The average molecular weight is 318 g/mol. The van der Waals surface area contributed by atoms with Crippen LogP contribution in [-0.4, -0.2) is 36.8 Å². The molecule has 1 aromatic rings. The van der Waals surface area contributed by atoms with Gasteiger partial charge in [-0.3, -0.25) is 4.79 Å². The molecule has 1 amide bonds. The van der Waals surface area contributed by atoms with E-state index in [9.17, 15) is 9.90 Å². The van der Waals surface area contributed by atoms with Crippen LogP contribution in [0.25, 0.3) is 0 Å². The highest BCUT2D eigenvalue weighted by molar-refractivity contribution is 5.93. The molecule has 1 saturated heterocycles. The predicted molar refractivity (Wildman–Crippen MR) is 89.7 cm³/mol. The van der Waals surface area contributed by atoms with E-state index in [1.807, 2.05) is 30.3 Å². The number of carbonyl (C=O) groups excluding carboxylic acids is 1. The summed E-state index contributed by atoms with van der Waals surface area (Å²) in [7, 11) is 1.59. The molecule has 0 aromatic heterocycles. The fourth-order valence-electron chi connectivity index (χ4n) is 2.91. The molecule has 0 radical (unpaired) electrons. The minimum absolute atomic E-state index is 0.0973. The van der Waals surface area contributed by atoms with Crippen LogP contribution in [0.2, 0.25) is 0 Å². The Balaban J connectivity index is 2.04. The molecule has 1 aliphatic rings. The topological polar surface area (TPSA) is 70.6 Å². The van der Waals surface area contributed by atoms with Crippen LogP contribution in [0.1, 0.15) is 38.4 Å². The van der Waals surface area contributed by atoms with E-state index in [0.29, 0.717) is 11.3 Å². The van der Waals surface area contributed by atoms with Crippen LogP contribution in [0, 0.1) is 0 Å². The third-order valence-corrected chi connectivity index (χ3v) is 4.28. The fraction of sp³-hybridized carbons (Fsp3) is 0.500. The lowest BCUT2D eigenvalue weighted by molar-refractivity contribution is -0.119. The van der Waals surface area contributed by atoms with Crippen molar-refractivity contribution < 1.29 is 14.6 Å². The molecule has 1 aromatic carbocycles. The second-order valence-electron chi connectivity index (χ2n) is 5.96. The number of aliphatic hydroxyl groups excluding tert-OH is 1. The van der Waals surface area contributed by atoms with Gasteiger partial charge in [-0.15, -0.1) is 0 Å². The number of methoxy groups -OCH3 is 1. The summed E-state index contributed by atoms with van der Waals surface area (Å²) in [6.45, 7) is 4.49. The molecule has 1 fully saturated rings. The summed E-state index contributed by atoms with van der Waals surface area (Å²) in [6.07, 6.45) is 1.30. The number of carbonyl (C=O) groups is 1. The maximum atomic E-state index is 12.5. The van der Waals surface area contributed by atoms with Gasteiger partial charge in [0, 0.05) is 0 Å². The summed E-state index contributed by atoms with van der Waals surface area (Å²) >= 11 is 0. The van der Waals surface area contributed by atoms with Gasteiger partial charge in [0.25, 0.3) is 5.91 Å². The molecular formula is C18H26N2O3. The summed E-state index contributed by atoms with van der Waals surface area (Å²) in [6, 6.07) is 9.03. The number of hydrogen-bond acceptors (Lipinski definition) is 4. The molecule has 3 atom stereocenters. The Morgan fingerprint density at radius 3 is 2.65 bits per heavy atom. The molecule has 0 saturated carbocycles. The minimum Gasteiger partial charge on any atom is -0.499 e. The van der Waals surface area contributed by atoms with Gasteiger partial charge in [-0.05, 0) is 38.8 Å².